The Bertz CT molecular complexity index is 871. The van der Waals surface area contributed by atoms with Crippen molar-refractivity contribution in [1.29, 1.82) is 0 Å². The Kier molecular flexibility index (Phi) is 5.67. The number of anilines is 1. The first-order valence-corrected chi connectivity index (χ1v) is 8.91. The normalized spacial score (nSPS) is 12.3. The summed E-state index contributed by atoms with van der Waals surface area (Å²) in [5, 5.41) is 7.43. The molecule has 1 aromatic carbocycles. The van der Waals surface area contributed by atoms with Gasteiger partial charge in [0.15, 0.2) is 5.65 Å². The van der Waals surface area contributed by atoms with E-state index in [2.05, 4.69) is 38.0 Å². The number of alkyl halides is 1. The molecule has 2 aromatic heterocycles. The molecule has 0 bridgehead atoms. The number of fused-ring (bicyclic) bond motifs is 1. The topological polar surface area (TPSA) is 51.5 Å². The van der Waals surface area contributed by atoms with E-state index in [1.165, 1.54) is 12.1 Å². The van der Waals surface area contributed by atoms with Crippen LogP contribution in [-0.4, -0.2) is 27.9 Å². The van der Waals surface area contributed by atoms with Gasteiger partial charge in [-0.25, -0.2) is 13.9 Å². The highest BCUT2D eigenvalue weighted by atomic mass is 127. The van der Waals surface area contributed by atoms with E-state index in [-0.39, 0.29) is 18.5 Å². The van der Waals surface area contributed by atoms with E-state index in [9.17, 15) is 8.78 Å². The van der Waals surface area contributed by atoms with Gasteiger partial charge in [0.25, 0.3) is 0 Å². The lowest BCUT2D eigenvalue weighted by atomic mass is 10.1. The van der Waals surface area contributed by atoms with Crippen LogP contribution in [0.1, 0.15) is 24.9 Å². The quantitative estimate of drug-likeness (QED) is 0.422. The molecule has 1 atom stereocenters. The maximum absolute atomic E-state index is 13.7. The molecular formula is C17H17F2IN4O. The number of halogens is 3. The highest BCUT2D eigenvalue weighted by Gasteiger charge is 2.14. The third kappa shape index (κ3) is 4.17. The molecule has 0 saturated carbocycles. The van der Waals surface area contributed by atoms with E-state index in [1.807, 2.05) is 13.1 Å². The molecule has 0 aliphatic carbocycles. The van der Waals surface area contributed by atoms with Crippen LogP contribution < -0.4 is 10.1 Å². The van der Waals surface area contributed by atoms with Gasteiger partial charge in [-0.15, -0.1) is 0 Å². The Balaban J connectivity index is 1.82. The zero-order valence-electron chi connectivity index (χ0n) is 13.5. The highest BCUT2D eigenvalue weighted by Crippen LogP contribution is 2.29. The summed E-state index contributed by atoms with van der Waals surface area (Å²) in [5.74, 6) is 0.836. The SMILES string of the molecule is CC(Nc1ccn2ncc(I)c2n1)c1cc(F)ccc1OCCCF. The van der Waals surface area contributed by atoms with E-state index < -0.39 is 6.67 Å². The minimum atomic E-state index is -0.446. The van der Waals surface area contributed by atoms with Crippen molar-refractivity contribution in [2.45, 2.75) is 19.4 Å². The zero-order chi connectivity index (χ0) is 17.8. The van der Waals surface area contributed by atoms with E-state index >= 15 is 0 Å². The Morgan fingerprint density at radius 3 is 3.00 bits per heavy atom. The fourth-order valence-corrected chi connectivity index (χ4v) is 2.94. The molecule has 5 nitrogen and oxygen atoms in total. The van der Waals surface area contributed by atoms with Crippen molar-refractivity contribution in [3.8, 4) is 5.75 Å². The second kappa shape index (κ2) is 7.94. The number of hydrogen-bond acceptors (Lipinski definition) is 4. The Morgan fingerprint density at radius 1 is 1.36 bits per heavy atom. The summed E-state index contributed by atoms with van der Waals surface area (Å²) in [5.41, 5.74) is 1.40. The van der Waals surface area contributed by atoms with E-state index in [1.54, 1.807) is 22.8 Å². The third-order valence-electron chi connectivity index (χ3n) is 3.66. The average Bonchev–Trinajstić information content (AvgIpc) is 2.97. The molecule has 3 rings (SSSR count). The Morgan fingerprint density at radius 2 is 2.20 bits per heavy atom. The summed E-state index contributed by atoms with van der Waals surface area (Å²) in [6, 6.07) is 5.88. The minimum absolute atomic E-state index is 0.244. The lowest BCUT2D eigenvalue weighted by Crippen LogP contribution is -2.11. The summed E-state index contributed by atoms with van der Waals surface area (Å²) in [7, 11) is 0. The Labute approximate surface area is 157 Å². The molecule has 3 aromatic rings. The minimum Gasteiger partial charge on any atom is -0.493 e. The summed E-state index contributed by atoms with van der Waals surface area (Å²) < 4.78 is 34.2. The summed E-state index contributed by atoms with van der Waals surface area (Å²) in [4.78, 5) is 4.53. The van der Waals surface area contributed by atoms with Crippen LogP contribution >= 0.6 is 22.6 Å². The van der Waals surface area contributed by atoms with E-state index in [0.29, 0.717) is 23.6 Å². The number of ether oxygens (including phenoxy) is 1. The summed E-state index contributed by atoms with van der Waals surface area (Å²) in [6.45, 7) is 1.70. The van der Waals surface area contributed by atoms with Gasteiger partial charge in [0.05, 0.1) is 29.1 Å². The molecule has 0 saturated heterocycles. The molecular weight excluding hydrogens is 441 g/mol. The van der Waals surface area contributed by atoms with Crippen LogP contribution in [0.4, 0.5) is 14.6 Å². The van der Waals surface area contributed by atoms with Gasteiger partial charge in [0.2, 0.25) is 0 Å². The fraction of sp³-hybridized carbons (Fsp3) is 0.294. The van der Waals surface area contributed by atoms with Crippen LogP contribution in [0, 0.1) is 9.39 Å². The lowest BCUT2D eigenvalue weighted by Gasteiger charge is -2.19. The van der Waals surface area contributed by atoms with Crippen LogP contribution in [0.25, 0.3) is 5.65 Å². The average molecular weight is 458 g/mol. The highest BCUT2D eigenvalue weighted by molar-refractivity contribution is 14.1. The first-order valence-electron chi connectivity index (χ1n) is 7.83. The van der Waals surface area contributed by atoms with E-state index in [0.717, 1.165) is 9.22 Å². The molecule has 2 heterocycles. The zero-order valence-corrected chi connectivity index (χ0v) is 15.7. The monoisotopic (exact) mass is 458 g/mol. The predicted molar refractivity (Wildman–Crippen MR) is 100 cm³/mol. The van der Waals surface area contributed by atoms with Crippen LogP contribution in [-0.2, 0) is 0 Å². The van der Waals surface area contributed by atoms with Gasteiger partial charge < -0.3 is 10.1 Å². The molecule has 1 unspecified atom stereocenters. The number of nitrogens with one attached hydrogen (secondary N) is 1. The van der Waals surface area contributed by atoms with Crippen LogP contribution in [0.3, 0.4) is 0 Å². The predicted octanol–water partition coefficient (Wildman–Crippen LogP) is 4.38. The molecule has 132 valence electrons. The van der Waals surface area contributed by atoms with Crippen LogP contribution in [0.2, 0.25) is 0 Å². The van der Waals surface area contributed by atoms with Gasteiger partial charge in [-0.3, -0.25) is 4.39 Å². The second-order valence-electron chi connectivity index (χ2n) is 5.51. The van der Waals surface area contributed by atoms with Gasteiger partial charge in [0.1, 0.15) is 17.4 Å². The number of rotatable bonds is 7. The van der Waals surface area contributed by atoms with Crippen molar-refractivity contribution < 1.29 is 13.5 Å². The van der Waals surface area contributed by atoms with Gasteiger partial charge in [-0.2, -0.15) is 5.10 Å². The maximum Gasteiger partial charge on any atom is 0.170 e. The van der Waals surface area contributed by atoms with Crippen molar-refractivity contribution in [3.05, 3.63) is 51.6 Å². The van der Waals surface area contributed by atoms with E-state index in [4.69, 9.17) is 4.74 Å². The maximum atomic E-state index is 13.7. The Hall–Kier alpha value is -1.97. The van der Waals surface area contributed by atoms with Gasteiger partial charge in [-0.1, -0.05) is 0 Å². The molecule has 0 spiro atoms. The first kappa shape index (κ1) is 17.8. The first-order chi connectivity index (χ1) is 12.1. The number of aromatic nitrogens is 3. The van der Waals surface area contributed by atoms with Crippen LogP contribution in [0.15, 0.2) is 36.7 Å². The largest absolute Gasteiger partial charge is 0.493 e. The molecule has 25 heavy (non-hydrogen) atoms. The van der Waals surface area contributed by atoms with Gasteiger partial charge in [0, 0.05) is 18.2 Å². The summed E-state index contributed by atoms with van der Waals surface area (Å²) in [6.07, 6.45) is 3.85. The van der Waals surface area contributed by atoms with Crippen molar-refractivity contribution in [3.63, 3.8) is 0 Å². The number of benzene rings is 1. The molecule has 0 fully saturated rings. The fourth-order valence-electron chi connectivity index (χ4n) is 2.45. The number of hydrogen-bond donors (Lipinski definition) is 1. The third-order valence-corrected chi connectivity index (χ3v) is 4.43. The van der Waals surface area contributed by atoms with Crippen molar-refractivity contribution >= 4 is 34.1 Å². The molecule has 8 heteroatoms. The molecule has 0 aliphatic heterocycles. The van der Waals surface area contributed by atoms with Gasteiger partial charge in [-0.05, 0) is 53.8 Å². The molecule has 0 radical (unpaired) electrons. The second-order valence-corrected chi connectivity index (χ2v) is 6.67. The van der Waals surface area contributed by atoms with Crippen molar-refractivity contribution in [2.75, 3.05) is 18.6 Å². The standard InChI is InChI=1S/C17H17F2IN4O/c1-11(13-9-12(19)3-4-15(13)25-8-2-6-18)22-16-5-7-24-17(23-16)14(20)10-21-24/h3-5,7,9-11H,2,6,8H2,1H3,(H,22,23). The smallest absolute Gasteiger partial charge is 0.170 e. The molecule has 0 aliphatic rings. The van der Waals surface area contributed by atoms with Gasteiger partial charge >= 0.3 is 0 Å². The van der Waals surface area contributed by atoms with Crippen molar-refractivity contribution in [2.24, 2.45) is 0 Å². The number of nitrogens with zero attached hydrogens (tertiary/aromatic N) is 3. The molecule has 0 amide bonds. The van der Waals surface area contributed by atoms with Crippen molar-refractivity contribution in [1.82, 2.24) is 14.6 Å². The summed E-state index contributed by atoms with van der Waals surface area (Å²) >= 11 is 2.17. The van der Waals surface area contributed by atoms with Crippen LogP contribution in [0.5, 0.6) is 5.75 Å². The lowest BCUT2D eigenvalue weighted by molar-refractivity contribution is 0.286. The molecule has 1 N–H and O–H groups in total.